The molecular formula is C47H29N3. The third-order valence-corrected chi connectivity index (χ3v) is 9.83. The maximum Gasteiger partial charge on any atom is 0.164 e. The number of benzene rings is 9. The van der Waals surface area contributed by atoms with Crippen molar-refractivity contribution in [2.24, 2.45) is 0 Å². The SMILES string of the molecule is c1ccc2cc(-c3nc(-c4ccc5cc6ccccc6cc5c4)nc(-c4ccc(-c5ccc6ccccc6c5)c5ccccc45)n3)ccc2c1. The molecule has 0 N–H and O–H groups in total. The first kappa shape index (κ1) is 28.3. The summed E-state index contributed by atoms with van der Waals surface area (Å²) in [7, 11) is 0. The van der Waals surface area contributed by atoms with Crippen LogP contribution in [0.3, 0.4) is 0 Å². The second-order valence-corrected chi connectivity index (χ2v) is 12.9. The topological polar surface area (TPSA) is 38.7 Å². The summed E-state index contributed by atoms with van der Waals surface area (Å²) in [4.78, 5) is 15.5. The van der Waals surface area contributed by atoms with Gasteiger partial charge in [0.2, 0.25) is 0 Å². The van der Waals surface area contributed by atoms with Gasteiger partial charge in [0.15, 0.2) is 17.5 Å². The molecule has 0 bridgehead atoms. The lowest BCUT2D eigenvalue weighted by atomic mass is 9.93. The second kappa shape index (κ2) is 11.5. The molecule has 0 radical (unpaired) electrons. The fraction of sp³-hybridized carbons (Fsp3) is 0. The average molecular weight is 636 g/mol. The predicted octanol–water partition coefficient (Wildman–Crippen LogP) is 12.3. The highest BCUT2D eigenvalue weighted by molar-refractivity contribution is 6.05. The van der Waals surface area contributed by atoms with Crippen LogP contribution in [-0.2, 0) is 0 Å². The Hall–Kier alpha value is -6.71. The summed E-state index contributed by atoms with van der Waals surface area (Å²) < 4.78 is 0. The van der Waals surface area contributed by atoms with Crippen molar-refractivity contribution >= 4 is 53.9 Å². The highest BCUT2D eigenvalue weighted by atomic mass is 15.0. The summed E-state index contributed by atoms with van der Waals surface area (Å²) in [5.41, 5.74) is 5.25. The Balaban J connectivity index is 1.18. The van der Waals surface area contributed by atoms with Crippen molar-refractivity contribution in [3.63, 3.8) is 0 Å². The van der Waals surface area contributed by atoms with E-state index in [0.717, 1.165) is 38.2 Å². The van der Waals surface area contributed by atoms with E-state index in [-0.39, 0.29) is 0 Å². The van der Waals surface area contributed by atoms with E-state index < -0.39 is 0 Å². The minimum atomic E-state index is 0.649. The van der Waals surface area contributed by atoms with Crippen molar-refractivity contribution in [3.8, 4) is 45.3 Å². The van der Waals surface area contributed by atoms with Crippen LogP contribution in [0.15, 0.2) is 176 Å². The molecule has 0 aliphatic rings. The number of aromatic nitrogens is 3. The molecule has 10 rings (SSSR count). The molecule has 0 fully saturated rings. The molecule has 0 aliphatic heterocycles. The molecule has 0 saturated heterocycles. The summed E-state index contributed by atoms with van der Waals surface area (Å²) in [6.45, 7) is 0. The van der Waals surface area contributed by atoms with Crippen molar-refractivity contribution in [1.82, 2.24) is 15.0 Å². The Bertz CT molecular complexity index is 2940. The average Bonchev–Trinajstić information content (AvgIpc) is 3.19. The maximum atomic E-state index is 5.20. The molecule has 10 aromatic rings. The Morgan fingerprint density at radius 1 is 0.240 bits per heavy atom. The monoisotopic (exact) mass is 635 g/mol. The van der Waals surface area contributed by atoms with E-state index >= 15 is 0 Å². The molecular weight excluding hydrogens is 607 g/mol. The van der Waals surface area contributed by atoms with Gasteiger partial charge >= 0.3 is 0 Å². The summed E-state index contributed by atoms with van der Waals surface area (Å²) in [5, 5.41) is 11.8. The number of rotatable bonds is 4. The van der Waals surface area contributed by atoms with E-state index in [1.54, 1.807) is 0 Å². The van der Waals surface area contributed by atoms with E-state index in [0.29, 0.717) is 17.5 Å². The summed E-state index contributed by atoms with van der Waals surface area (Å²) in [5.74, 6) is 1.95. The van der Waals surface area contributed by atoms with Crippen molar-refractivity contribution in [1.29, 1.82) is 0 Å². The summed E-state index contributed by atoms with van der Waals surface area (Å²) in [6.07, 6.45) is 0. The van der Waals surface area contributed by atoms with Crippen LogP contribution in [0.25, 0.3) is 99.2 Å². The molecule has 3 heteroatoms. The van der Waals surface area contributed by atoms with Crippen LogP contribution < -0.4 is 0 Å². The van der Waals surface area contributed by atoms with Crippen LogP contribution in [0.2, 0.25) is 0 Å². The predicted molar refractivity (Wildman–Crippen MR) is 209 cm³/mol. The van der Waals surface area contributed by atoms with Gasteiger partial charge in [0.25, 0.3) is 0 Å². The zero-order valence-corrected chi connectivity index (χ0v) is 27.1. The Kier molecular flexibility index (Phi) is 6.49. The number of nitrogens with zero attached hydrogens (tertiary/aromatic N) is 3. The molecule has 0 spiro atoms. The van der Waals surface area contributed by atoms with Crippen molar-refractivity contribution in [2.45, 2.75) is 0 Å². The van der Waals surface area contributed by atoms with Gasteiger partial charge in [0.1, 0.15) is 0 Å². The first-order chi connectivity index (χ1) is 24.7. The van der Waals surface area contributed by atoms with Crippen LogP contribution >= 0.6 is 0 Å². The van der Waals surface area contributed by atoms with Gasteiger partial charge < -0.3 is 0 Å². The maximum absolute atomic E-state index is 5.20. The Morgan fingerprint density at radius 3 is 1.24 bits per heavy atom. The highest BCUT2D eigenvalue weighted by Gasteiger charge is 2.17. The van der Waals surface area contributed by atoms with Crippen LogP contribution in [-0.4, -0.2) is 15.0 Å². The zero-order chi connectivity index (χ0) is 33.0. The standard InChI is InChI=1S/C47H29N3/c1-3-11-32-26-37(20-17-30(32)9-1)41-23-24-44(43-16-8-7-15-42(41)43)47-49-45(38-21-18-31-10-2-4-12-33(31)27-38)48-46(50-47)39-22-19-36-25-34-13-5-6-14-35(34)28-40(36)29-39/h1-29H. The van der Waals surface area contributed by atoms with Crippen molar-refractivity contribution < 1.29 is 0 Å². The first-order valence-corrected chi connectivity index (χ1v) is 16.9. The fourth-order valence-electron chi connectivity index (χ4n) is 7.26. The largest absolute Gasteiger partial charge is 0.208 e. The highest BCUT2D eigenvalue weighted by Crippen LogP contribution is 2.37. The van der Waals surface area contributed by atoms with E-state index in [1.165, 1.54) is 43.4 Å². The van der Waals surface area contributed by atoms with Gasteiger partial charge in [-0.3, -0.25) is 0 Å². The van der Waals surface area contributed by atoms with Gasteiger partial charge in [-0.2, -0.15) is 0 Å². The van der Waals surface area contributed by atoms with E-state index in [4.69, 9.17) is 15.0 Å². The third kappa shape index (κ3) is 4.87. The first-order valence-electron chi connectivity index (χ1n) is 16.9. The van der Waals surface area contributed by atoms with E-state index in [1.807, 2.05) is 0 Å². The Morgan fingerprint density at radius 2 is 0.620 bits per heavy atom. The minimum absolute atomic E-state index is 0.649. The fourth-order valence-corrected chi connectivity index (χ4v) is 7.26. The Labute approximate surface area is 289 Å². The lowest BCUT2D eigenvalue weighted by molar-refractivity contribution is 1.08. The quantitative estimate of drug-likeness (QED) is 0.181. The summed E-state index contributed by atoms with van der Waals surface area (Å²) in [6, 6.07) is 62.5. The molecule has 9 aromatic carbocycles. The number of hydrogen-bond acceptors (Lipinski definition) is 3. The lowest BCUT2D eigenvalue weighted by Gasteiger charge is -2.14. The van der Waals surface area contributed by atoms with Crippen LogP contribution in [0.4, 0.5) is 0 Å². The zero-order valence-electron chi connectivity index (χ0n) is 27.1. The molecule has 0 saturated carbocycles. The third-order valence-electron chi connectivity index (χ3n) is 9.83. The van der Waals surface area contributed by atoms with Gasteiger partial charge in [-0.15, -0.1) is 0 Å². The van der Waals surface area contributed by atoms with Gasteiger partial charge in [-0.05, 0) is 101 Å². The molecule has 1 heterocycles. The van der Waals surface area contributed by atoms with Gasteiger partial charge in [-0.1, -0.05) is 140 Å². The molecule has 0 atom stereocenters. The van der Waals surface area contributed by atoms with Gasteiger partial charge in [-0.25, -0.2) is 15.0 Å². The van der Waals surface area contributed by atoms with E-state index in [9.17, 15) is 0 Å². The number of fused-ring (bicyclic) bond motifs is 5. The molecule has 0 amide bonds. The van der Waals surface area contributed by atoms with Gasteiger partial charge in [0, 0.05) is 16.7 Å². The second-order valence-electron chi connectivity index (χ2n) is 12.9. The normalized spacial score (nSPS) is 11.6. The van der Waals surface area contributed by atoms with Crippen molar-refractivity contribution in [3.05, 3.63) is 176 Å². The molecule has 50 heavy (non-hydrogen) atoms. The molecule has 232 valence electrons. The lowest BCUT2D eigenvalue weighted by Crippen LogP contribution is -2.01. The van der Waals surface area contributed by atoms with Crippen LogP contribution in [0.5, 0.6) is 0 Å². The number of hydrogen-bond donors (Lipinski definition) is 0. The molecule has 0 aliphatic carbocycles. The van der Waals surface area contributed by atoms with E-state index in [2.05, 4.69) is 176 Å². The van der Waals surface area contributed by atoms with Crippen molar-refractivity contribution in [2.75, 3.05) is 0 Å². The summed E-state index contributed by atoms with van der Waals surface area (Å²) >= 11 is 0. The minimum Gasteiger partial charge on any atom is -0.208 e. The smallest absolute Gasteiger partial charge is 0.164 e. The van der Waals surface area contributed by atoms with Crippen LogP contribution in [0.1, 0.15) is 0 Å². The molecule has 3 nitrogen and oxygen atoms in total. The van der Waals surface area contributed by atoms with Gasteiger partial charge in [0.05, 0.1) is 0 Å². The molecule has 1 aromatic heterocycles. The van der Waals surface area contributed by atoms with Crippen LogP contribution in [0, 0.1) is 0 Å². The molecule has 0 unspecified atom stereocenters.